The summed E-state index contributed by atoms with van der Waals surface area (Å²) in [6.45, 7) is 3.31. The Kier molecular flexibility index (Phi) is 7.71. The number of halogens is 1. The number of sulfonamides is 1. The van der Waals surface area contributed by atoms with Gasteiger partial charge in [-0.3, -0.25) is 9.69 Å². The Balaban J connectivity index is 1.41. The lowest BCUT2D eigenvalue weighted by atomic mass is 10.1. The molecule has 7 nitrogen and oxygen atoms in total. The molecule has 1 aliphatic heterocycles. The summed E-state index contributed by atoms with van der Waals surface area (Å²) in [5.74, 6) is 0.579. The second kappa shape index (κ2) is 10.3. The van der Waals surface area contributed by atoms with Gasteiger partial charge in [-0.2, -0.15) is 4.31 Å². The van der Waals surface area contributed by atoms with Crippen molar-refractivity contribution < 1.29 is 17.9 Å². The van der Waals surface area contributed by atoms with Gasteiger partial charge >= 0.3 is 0 Å². The number of hydrogen-bond donors (Lipinski definition) is 1. The molecule has 2 aromatic carbocycles. The normalized spacial score (nSPS) is 15.7. The summed E-state index contributed by atoms with van der Waals surface area (Å²) in [5.41, 5.74) is 0.911. The van der Waals surface area contributed by atoms with Gasteiger partial charge in [-0.05, 0) is 42.0 Å². The molecule has 0 radical (unpaired) electrons. The van der Waals surface area contributed by atoms with Gasteiger partial charge in [-0.25, -0.2) is 8.42 Å². The van der Waals surface area contributed by atoms with Gasteiger partial charge in [0, 0.05) is 44.3 Å². The first-order chi connectivity index (χ1) is 14.4. The van der Waals surface area contributed by atoms with Crippen molar-refractivity contribution in [3.63, 3.8) is 0 Å². The van der Waals surface area contributed by atoms with Crippen LogP contribution >= 0.6 is 11.6 Å². The molecule has 1 N–H and O–H groups in total. The fourth-order valence-corrected chi connectivity index (χ4v) is 4.84. The molecule has 0 unspecified atom stereocenters. The van der Waals surface area contributed by atoms with E-state index in [-0.39, 0.29) is 10.8 Å². The van der Waals surface area contributed by atoms with Crippen molar-refractivity contribution in [3.05, 3.63) is 59.1 Å². The number of benzene rings is 2. The number of hydrogen-bond acceptors (Lipinski definition) is 5. The van der Waals surface area contributed by atoms with E-state index >= 15 is 0 Å². The predicted octanol–water partition coefficient (Wildman–Crippen LogP) is 2.01. The van der Waals surface area contributed by atoms with Crippen LogP contribution in [0.2, 0.25) is 5.02 Å². The van der Waals surface area contributed by atoms with Gasteiger partial charge in [-0.1, -0.05) is 23.7 Å². The van der Waals surface area contributed by atoms with E-state index in [1.165, 1.54) is 4.31 Å². The largest absolute Gasteiger partial charge is 0.497 e. The number of piperazine rings is 1. The Bertz CT molecular complexity index is 941. The topological polar surface area (TPSA) is 79.0 Å². The highest BCUT2D eigenvalue weighted by atomic mass is 35.5. The lowest BCUT2D eigenvalue weighted by Crippen LogP contribution is -2.50. The summed E-state index contributed by atoms with van der Waals surface area (Å²) < 4.78 is 32.2. The lowest BCUT2D eigenvalue weighted by molar-refractivity contribution is -0.120. The molecule has 1 aliphatic rings. The number of methoxy groups -OCH3 is 1. The monoisotopic (exact) mass is 451 g/mol. The van der Waals surface area contributed by atoms with Crippen molar-refractivity contribution >= 4 is 27.5 Å². The molecule has 1 fully saturated rings. The maximum atomic E-state index is 12.8. The minimum absolute atomic E-state index is 0.0435. The molecule has 1 heterocycles. The van der Waals surface area contributed by atoms with Crippen molar-refractivity contribution in [1.82, 2.24) is 14.5 Å². The average Bonchev–Trinajstić information content (AvgIpc) is 2.76. The Labute approximate surface area is 182 Å². The number of ether oxygens (including phenoxy) is 1. The summed E-state index contributed by atoms with van der Waals surface area (Å²) >= 11 is 5.85. The van der Waals surface area contributed by atoms with Crippen LogP contribution in [0.4, 0.5) is 0 Å². The van der Waals surface area contributed by atoms with Gasteiger partial charge < -0.3 is 10.1 Å². The molecular weight excluding hydrogens is 426 g/mol. The molecule has 0 bridgehead atoms. The van der Waals surface area contributed by atoms with E-state index in [9.17, 15) is 13.2 Å². The lowest BCUT2D eigenvalue weighted by Gasteiger charge is -2.34. The van der Waals surface area contributed by atoms with Crippen molar-refractivity contribution in [2.75, 3.05) is 46.4 Å². The molecule has 30 heavy (non-hydrogen) atoms. The Morgan fingerprint density at radius 1 is 1.03 bits per heavy atom. The summed E-state index contributed by atoms with van der Waals surface area (Å²) in [4.78, 5) is 14.5. The number of rotatable bonds is 8. The van der Waals surface area contributed by atoms with E-state index < -0.39 is 10.0 Å². The fraction of sp³-hybridized carbons (Fsp3) is 0.381. The molecule has 2 aromatic rings. The van der Waals surface area contributed by atoms with Crippen LogP contribution in [0, 0.1) is 0 Å². The highest BCUT2D eigenvalue weighted by molar-refractivity contribution is 7.89. The second-order valence-electron chi connectivity index (χ2n) is 7.07. The van der Waals surface area contributed by atoms with Crippen molar-refractivity contribution in [2.24, 2.45) is 0 Å². The first-order valence-corrected chi connectivity index (χ1v) is 11.6. The SMILES string of the molecule is COc1ccc(S(=O)(=O)N2CCN(CCNC(=O)Cc3ccc(Cl)cc3)CC2)cc1. The fourth-order valence-electron chi connectivity index (χ4n) is 3.29. The Hall–Kier alpha value is -2.13. The van der Waals surface area contributed by atoms with E-state index in [1.807, 2.05) is 12.1 Å². The number of carbonyl (C=O) groups excluding carboxylic acids is 1. The average molecular weight is 452 g/mol. The van der Waals surface area contributed by atoms with E-state index in [4.69, 9.17) is 16.3 Å². The molecule has 0 aromatic heterocycles. The third kappa shape index (κ3) is 5.95. The molecule has 1 amide bonds. The van der Waals surface area contributed by atoms with E-state index in [0.717, 1.165) is 5.56 Å². The molecule has 1 saturated heterocycles. The third-order valence-corrected chi connectivity index (χ3v) is 7.22. The van der Waals surface area contributed by atoms with Gasteiger partial charge in [0.25, 0.3) is 0 Å². The van der Waals surface area contributed by atoms with Crippen LogP contribution in [0.3, 0.4) is 0 Å². The summed E-state index contributed by atoms with van der Waals surface area (Å²) in [6.07, 6.45) is 0.311. The van der Waals surface area contributed by atoms with Gasteiger partial charge in [0.15, 0.2) is 0 Å². The van der Waals surface area contributed by atoms with Crippen molar-refractivity contribution in [1.29, 1.82) is 0 Å². The maximum Gasteiger partial charge on any atom is 0.243 e. The van der Waals surface area contributed by atoms with Crippen LogP contribution in [-0.2, 0) is 21.2 Å². The highest BCUT2D eigenvalue weighted by Gasteiger charge is 2.28. The van der Waals surface area contributed by atoms with Crippen LogP contribution < -0.4 is 10.1 Å². The molecule has 0 atom stereocenters. The number of nitrogens with one attached hydrogen (secondary N) is 1. The zero-order chi connectivity index (χ0) is 21.6. The van der Waals surface area contributed by atoms with E-state index in [2.05, 4.69) is 10.2 Å². The first-order valence-electron chi connectivity index (χ1n) is 9.76. The van der Waals surface area contributed by atoms with E-state index in [0.29, 0.717) is 56.5 Å². The van der Waals surface area contributed by atoms with E-state index in [1.54, 1.807) is 43.5 Å². The molecule has 9 heteroatoms. The van der Waals surface area contributed by atoms with Crippen LogP contribution in [-0.4, -0.2) is 69.9 Å². The summed E-state index contributed by atoms with van der Waals surface area (Å²) in [6, 6.07) is 13.6. The third-order valence-electron chi connectivity index (χ3n) is 5.06. The van der Waals surface area contributed by atoms with Crippen molar-refractivity contribution in [3.8, 4) is 5.75 Å². The number of nitrogens with zero attached hydrogens (tertiary/aromatic N) is 2. The van der Waals surface area contributed by atoms with Crippen LogP contribution in [0.5, 0.6) is 5.75 Å². The Morgan fingerprint density at radius 2 is 1.67 bits per heavy atom. The minimum Gasteiger partial charge on any atom is -0.497 e. The summed E-state index contributed by atoms with van der Waals surface area (Å²) in [7, 11) is -1.97. The highest BCUT2D eigenvalue weighted by Crippen LogP contribution is 2.20. The first kappa shape index (κ1) is 22.6. The standard InChI is InChI=1S/C21H26ClN3O4S/c1-29-19-6-8-20(9-7-19)30(27,28)25-14-12-24(13-15-25)11-10-23-21(26)16-17-2-4-18(22)5-3-17/h2-9H,10-16H2,1H3,(H,23,26). The van der Waals surface area contributed by atoms with Crippen molar-refractivity contribution in [2.45, 2.75) is 11.3 Å². The van der Waals surface area contributed by atoms with Gasteiger partial charge in [-0.15, -0.1) is 0 Å². The van der Waals surface area contributed by atoms with Gasteiger partial charge in [0.2, 0.25) is 15.9 Å². The zero-order valence-corrected chi connectivity index (χ0v) is 18.5. The predicted molar refractivity (Wildman–Crippen MR) is 116 cm³/mol. The summed E-state index contributed by atoms with van der Waals surface area (Å²) in [5, 5.41) is 3.56. The Morgan fingerprint density at radius 3 is 2.27 bits per heavy atom. The minimum atomic E-state index is -3.51. The van der Waals surface area contributed by atoms with Gasteiger partial charge in [0.1, 0.15) is 5.75 Å². The number of amides is 1. The van der Waals surface area contributed by atoms with Gasteiger partial charge in [0.05, 0.1) is 18.4 Å². The van der Waals surface area contributed by atoms with Crippen LogP contribution in [0.15, 0.2) is 53.4 Å². The molecular formula is C21H26ClN3O4S. The van der Waals surface area contributed by atoms with Crippen LogP contribution in [0.1, 0.15) is 5.56 Å². The molecule has 3 rings (SSSR count). The quantitative estimate of drug-likeness (QED) is 0.664. The maximum absolute atomic E-state index is 12.8. The number of carbonyl (C=O) groups is 1. The molecule has 162 valence electrons. The molecule has 0 aliphatic carbocycles. The smallest absolute Gasteiger partial charge is 0.243 e. The van der Waals surface area contributed by atoms with Crippen LogP contribution in [0.25, 0.3) is 0 Å². The molecule has 0 saturated carbocycles. The second-order valence-corrected chi connectivity index (χ2v) is 9.45. The zero-order valence-electron chi connectivity index (χ0n) is 16.9. The molecule has 0 spiro atoms.